The normalized spacial score (nSPS) is 9.33. The third-order valence-corrected chi connectivity index (χ3v) is 1.22. The predicted octanol–water partition coefficient (Wildman–Crippen LogP) is 0.600. The third kappa shape index (κ3) is 4.05. The van der Waals surface area contributed by atoms with Gasteiger partial charge in [0.05, 0.1) is 0 Å². The maximum absolute atomic E-state index is 10.1. The molecule has 1 N–H and O–H groups in total. The van der Waals surface area contributed by atoms with E-state index < -0.39 is 5.97 Å². The molecule has 3 heteroatoms. The average molecular weight is 221 g/mol. The minimum atomic E-state index is -0.922. The van der Waals surface area contributed by atoms with E-state index in [4.69, 9.17) is 5.11 Å². The van der Waals surface area contributed by atoms with Crippen LogP contribution in [0.1, 0.15) is 5.56 Å². The van der Waals surface area contributed by atoms with Crippen molar-refractivity contribution in [3.63, 3.8) is 0 Å². The van der Waals surface area contributed by atoms with Gasteiger partial charge in [0.2, 0.25) is 0 Å². The summed E-state index contributed by atoms with van der Waals surface area (Å²) < 4.78 is 0. The van der Waals surface area contributed by atoms with E-state index in [1.54, 1.807) is 6.08 Å². The van der Waals surface area contributed by atoms with E-state index >= 15 is 0 Å². The van der Waals surface area contributed by atoms with Crippen molar-refractivity contribution in [2.45, 2.75) is 0 Å². The summed E-state index contributed by atoms with van der Waals surface area (Å²) in [5.41, 5.74) is 0.898. The third-order valence-electron chi connectivity index (χ3n) is 1.22. The number of carbonyl (C=O) groups is 1. The summed E-state index contributed by atoms with van der Waals surface area (Å²) in [5, 5.41) is 8.29. The number of hydrogen-bond acceptors (Lipinski definition) is 1. The Balaban J connectivity index is 0.00000121. The van der Waals surface area contributed by atoms with Crippen LogP contribution in [-0.4, -0.2) is 30.9 Å². The molecular formula is C9H11GaO2. The van der Waals surface area contributed by atoms with E-state index in [0.29, 0.717) is 0 Å². The Kier molecular flexibility index (Phi) is 5.24. The van der Waals surface area contributed by atoms with Gasteiger partial charge in [-0.15, -0.1) is 0 Å². The molecule has 0 amide bonds. The molecule has 0 unspecified atom stereocenters. The van der Waals surface area contributed by atoms with Crippen LogP contribution in [0.25, 0.3) is 6.08 Å². The fourth-order valence-electron chi connectivity index (χ4n) is 0.732. The molecule has 0 aliphatic rings. The van der Waals surface area contributed by atoms with Crippen LogP contribution >= 0.6 is 0 Å². The Bertz CT molecular complexity index is 267. The van der Waals surface area contributed by atoms with Gasteiger partial charge in [-0.05, 0) is 11.6 Å². The second-order valence-electron chi connectivity index (χ2n) is 2.08. The first-order chi connectivity index (χ1) is 5.29. The second kappa shape index (κ2) is 5.68. The first kappa shape index (κ1) is 11.1. The van der Waals surface area contributed by atoms with Crippen LogP contribution in [0.15, 0.2) is 36.4 Å². The topological polar surface area (TPSA) is 37.3 Å². The van der Waals surface area contributed by atoms with Crippen LogP contribution in [0.2, 0.25) is 0 Å². The van der Waals surface area contributed by atoms with E-state index in [9.17, 15) is 4.79 Å². The predicted molar refractivity (Wildman–Crippen MR) is 53.1 cm³/mol. The van der Waals surface area contributed by atoms with Crippen LogP contribution in [0.3, 0.4) is 0 Å². The molecule has 0 fully saturated rings. The van der Waals surface area contributed by atoms with Crippen molar-refractivity contribution in [3.8, 4) is 0 Å². The first-order valence-corrected chi connectivity index (χ1v) is 3.25. The van der Waals surface area contributed by atoms with Gasteiger partial charge in [-0.3, -0.25) is 0 Å². The summed E-state index contributed by atoms with van der Waals surface area (Å²) in [5.74, 6) is -0.922. The number of rotatable bonds is 2. The van der Waals surface area contributed by atoms with Crippen LogP contribution in [-0.2, 0) is 4.79 Å². The number of aliphatic carboxylic acids is 1. The van der Waals surface area contributed by atoms with Gasteiger partial charge in [0.15, 0.2) is 0 Å². The molecular weight excluding hydrogens is 210 g/mol. The molecule has 0 radical (unpaired) electrons. The summed E-state index contributed by atoms with van der Waals surface area (Å²) in [6.07, 6.45) is 2.68. The van der Waals surface area contributed by atoms with Crippen molar-refractivity contribution in [3.05, 3.63) is 42.0 Å². The van der Waals surface area contributed by atoms with Crippen molar-refractivity contribution < 1.29 is 9.90 Å². The fraction of sp³-hybridized carbons (Fsp3) is 0. The zero-order valence-electron chi connectivity index (χ0n) is 5.90. The summed E-state index contributed by atoms with van der Waals surface area (Å²) in [7, 11) is 0. The van der Waals surface area contributed by atoms with E-state index in [1.165, 1.54) is 0 Å². The van der Waals surface area contributed by atoms with Crippen LogP contribution in [0.5, 0.6) is 0 Å². The molecule has 1 aromatic rings. The van der Waals surface area contributed by atoms with Crippen molar-refractivity contribution >= 4 is 31.8 Å². The molecule has 62 valence electrons. The Morgan fingerprint density at radius 3 is 2.33 bits per heavy atom. The minimum absolute atomic E-state index is 0. The van der Waals surface area contributed by atoms with E-state index in [0.717, 1.165) is 11.6 Å². The fourth-order valence-corrected chi connectivity index (χ4v) is 0.732. The quantitative estimate of drug-likeness (QED) is 0.586. The molecule has 0 aliphatic carbocycles. The number of carboxylic acids is 1. The molecule has 0 atom stereocenters. The second-order valence-corrected chi connectivity index (χ2v) is 2.08. The summed E-state index contributed by atoms with van der Waals surface area (Å²) >= 11 is 0. The number of benzene rings is 1. The SMILES string of the molecule is O=C(O)/C=C/c1ccccc1.[GaH3]. The van der Waals surface area contributed by atoms with Gasteiger partial charge < -0.3 is 5.11 Å². The van der Waals surface area contributed by atoms with Crippen molar-refractivity contribution in [1.82, 2.24) is 0 Å². The van der Waals surface area contributed by atoms with Gasteiger partial charge in [0.25, 0.3) is 0 Å². The molecule has 0 saturated heterocycles. The van der Waals surface area contributed by atoms with Crippen LogP contribution in [0, 0.1) is 0 Å². The molecule has 0 aromatic heterocycles. The van der Waals surface area contributed by atoms with Crippen molar-refractivity contribution in [2.24, 2.45) is 0 Å². The molecule has 0 spiro atoms. The molecule has 2 nitrogen and oxygen atoms in total. The van der Waals surface area contributed by atoms with Gasteiger partial charge in [-0.25, -0.2) is 4.79 Å². The standard InChI is InChI=1S/C9H8O2.Ga.3H/c10-9(11)7-6-8-4-2-1-3-5-8;;;;/h1-7H,(H,10,11);;;;/b7-6+;;;;. The summed E-state index contributed by atoms with van der Waals surface area (Å²) in [4.78, 5) is 10.1. The maximum atomic E-state index is 10.1. The molecule has 1 aromatic carbocycles. The van der Waals surface area contributed by atoms with Crippen LogP contribution < -0.4 is 0 Å². The monoisotopic (exact) mass is 220 g/mol. The van der Waals surface area contributed by atoms with Gasteiger partial charge in [-0.2, -0.15) is 0 Å². The van der Waals surface area contributed by atoms with Gasteiger partial charge in [-0.1, -0.05) is 30.3 Å². The molecule has 0 bridgehead atoms. The Labute approximate surface area is 84.0 Å². The zero-order chi connectivity index (χ0) is 8.10. The van der Waals surface area contributed by atoms with Crippen LogP contribution in [0.4, 0.5) is 0 Å². The van der Waals surface area contributed by atoms with E-state index in [2.05, 4.69) is 0 Å². The Hall–Kier alpha value is -0.934. The molecule has 12 heavy (non-hydrogen) atoms. The average Bonchev–Trinajstić information content (AvgIpc) is 2.03. The Morgan fingerprint density at radius 2 is 1.83 bits per heavy atom. The number of carboxylic acid groups (broad SMARTS) is 1. The summed E-state index contributed by atoms with van der Waals surface area (Å²) in [6.45, 7) is 0. The van der Waals surface area contributed by atoms with Crippen molar-refractivity contribution in [2.75, 3.05) is 0 Å². The van der Waals surface area contributed by atoms with Gasteiger partial charge in [0, 0.05) is 6.08 Å². The van der Waals surface area contributed by atoms with E-state index in [1.807, 2.05) is 30.3 Å². The van der Waals surface area contributed by atoms with Crippen molar-refractivity contribution in [1.29, 1.82) is 0 Å². The number of hydrogen-bond donors (Lipinski definition) is 1. The molecule has 0 heterocycles. The van der Waals surface area contributed by atoms with E-state index in [-0.39, 0.29) is 19.8 Å². The van der Waals surface area contributed by atoms with Gasteiger partial charge >= 0.3 is 25.8 Å². The molecule has 0 saturated carbocycles. The molecule has 1 rings (SSSR count). The van der Waals surface area contributed by atoms with Gasteiger partial charge in [0.1, 0.15) is 0 Å². The molecule has 0 aliphatic heterocycles. The Morgan fingerprint density at radius 1 is 1.25 bits per heavy atom. The zero-order valence-corrected chi connectivity index (χ0v) is 5.90. The first-order valence-electron chi connectivity index (χ1n) is 3.25. The summed E-state index contributed by atoms with van der Waals surface area (Å²) in [6, 6.07) is 9.31.